The van der Waals surface area contributed by atoms with E-state index >= 15 is 0 Å². The summed E-state index contributed by atoms with van der Waals surface area (Å²) in [6.07, 6.45) is 1.51. The van der Waals surface area contributed by atoms with Crippen LogP contribution in [0.15, 0.2) is 47.5 Å². The monoisotopic (exact) mass is 352 g/mol. The molecule has 0 atom stereocenters. The van der Waals surface area contributed by atoms with Gasteiger partial charge in [-0.1, -0.05) is 17.7 Å². The zero-order valence-corrected chi connectivity index (χ0v) is 13.6. The Bertz CT molecular complexity index is 989. The van der Waals surface area contributed by atoms with Gasteiger partial charge in [0.25, 0.3) is 0 Å². The Hall–Kier alpha value is -3.50. The topological polar surface area (TPSA) is 123 Å². The first-order valence-electron chi connectivity index (χ1n) is 7.20. The minimum Gasteiger partial charge on any atom is -0.506 e. The lowest BCUT2D eigenvalue weighted by molar-refractivity contribution is 0.478. The Morgan fingerprint density at radius 3 is 2.88 bits per heavy atom. The number of hydrogen-bond acceptors (Lipinski definition) is 6. The van der Waals surface area contributed by atoms with E-state index in [1.165, 1.54) is 12.3 Å². The molecule has 2 aromatic carbocycles. The third kappa shape index (κ3) is 3.71. The molecule has 0 aliphatic heterocycles. The molecule has 0 saturated carbocycles. The van der Waals surface area contributed by atoms with Gasteiger partial charge in [-0.15, -0.1) is 0 Å². The lowest BCUT2D eigenvalue weighted by atomic mass is 10.2. The van der Waals surface area contributed by atoms with Crippen molar-refractivity contribution < 1.29 is 5.11 Å². The molecule has 0 saturated heterocycles. The van der Waals surface area contributed by atoms with Gasteiger partial charge in [0.1, 0.15) is 23.2 Å². The van der Waals surface area contributed by atoms with Crippen molar-refractivity contribution in [1.29, 1.82) is 5.26 Å². The smallest absolute Gasteiger partial charge is 0.193 e. The van der Waals surface area contributed by atoms with Crippen LogP contribution < -0.4 is 11.1 Å². The van der Waals surface area contributed by atoms with Crippen molar-refractivity contribution in [1.82, 2.24) is 10.2 Å². The number of halogens is 1. The second kappa shape index (κ2) is 6.95. The highest BCUT2D eigenvalue weighted by molar-refractivity contribution is 6.30. The number of aromatic hydroxyl groups is 1. The predicted octanol–water partition coefficient (Wildman–Crippen LogP) is 3.72. The predicted molar refractivity (Wildman–Crippen MR) is 97.8 cm³/mol. The van der Waals surface area contributed by atoms with Crippen LogP contribution in [-0.4, -0.2) is 21.5 Å². The second-order valence-corrected chi connectivity index (χ2v) is 5.56. The molecule has 0 aliphatic carbocycles. The fourth-order valence-corrected chi connectivity index (χ4v) is 2.31. The summed E-state index contributed by atoms with van der Waals surface area (Å²) < 4.78 is 0. The Labute approximate surface area is 148 Å². The van der Waals surface area contributed by atoms with Crippen molar-refractivity contribution in [2.45, 2.75) is 0 Å². The fourth-order valence-electron chi connectivity index (χ4n) is 2.12. The molecule has 5 N–H and O–H groups in total. The largest absolute Gasteiger partial charge is 0.506 e. The molecule has 7 nitrogen and oxygen atoms in total. The van der Waals surface area contributed by atoms with Gasteiger partial charge in [0.2, 0.25) is 0 Å². The molecule has 0 unspecified atom stereocenters. The summed E-state index contributed by atoms with van der Waals surface area (Å²) in [6, 6.07) is 13.9. The van der Waals surface area contributed by atoms with Gasteiger partial charge in [0, 0.05) is 16.9 Å². The van der Waals surface area contributed by atoms with E-state index in [-0.39, 0.29) is 22.8 Å². The third-order valence-electron chi connectivity index (χ3n) is 3.34. The number of anilines is 3. The number of nitrogens with one attached hydrogen (secondary N) is 2. The van der Waals surface area contributed by atoms with Gasteiger partial charge < -0.3 is 16.2 Å². The summed E-state index contributed by atoms with van der Waals surface area (Å²) in [4.78, 5) is 4.20. The highest BCUT2D eigenvalue weighted by Gasteiger charge is 2.12. The standard InChI is InChI=1S/C17H13ClN6O/c18-11-2-1-3-12(7-11)22-17-13(8-19)16(23-24-17)21-9-10-4-5-15(25)14(20)6-10/h1-7,9,25H,20H2,(H2,22,23,24). The van der Waals surface area contributed by atoms with Crippen LogP contribution in [0.4, 0.5) is 23.0 Å². The Morgan fingerprint density at radius 2 is 2.16 bits per heavy atom. The molecule has 124 valence electrons. The molecule has 8 heteroatoms. The minimum atomic E-state index is 0.00245. The number of aromatic nitrogens is 2. The number of H-pyrrole nitrogens is 1. The van der Waals surface area contributed by atoms with E-state index in [2.05, 4.69) is 26.6 Å². The zero-order chi connectivity index (χ0) is 17.8. The first-order valence-corrected chi connectivity index (χ1v) is 7.58. The number of nitriles is 1. The molecule has 0 spiro atoms. The summed E-state index contributed by atoms with van der Waals surface area (Å²) in [5, 5.41) is 29.2. The van der Waals surface area contributed by atoms with Crippen LogP contribution in [0.2, 0.25) is 5.02 Å². The molecule has 3 rings (SSSR count). The summed E-state index contributed by atoms with van der Waals surface area (Å²) >= 11 is 5.95. The Morgan fingerprint density at radius 1 is 1.32 bits per heavy atom. The van der Waals surface area contributed by atoms with Crippen LogP contribution in [0, 0.1) is 11.3 Å². The number of phenols is 1. The number of aromatic amines is 1. The lowest BCUT2D eigenvalue weighted by Crippen LogP contribution is -1.92. The number of phenolic OH excluding ortho intramolecular Hbond substituents is 1. The van der Waals surface area contributed by atoms with Crippen LogP contribution in [0.5, 0.6) is 5.75 Å². The van der Waals surface area contributed by atoms with Crippen LogP contribution in [0.3, 0.4) is 0 Å². The van der Waals surface area contributed by atoms with Crippen molar-refractivity contribution in [2.75, 3.05) is 11.1 Å². The quantitative estimate of drug-likeness (QED) is 0.323. The molecule has 0 aliphatic rings. The van der Waals surface area contributed by atoms with Crippen LogP contribution in [0.25, 0.3) is 0 Å². The molecular formula is C17H13ClN6O. The van der Waals surface area contributed by atoms with E-state index in [4.69, 9.17) is 17.3 Å². The summed E-state index contributed by atoms with van der Waals surface area (Å²) in [5.74, 6) is 0.656. The average molecular weight is 353 g/mol. The molecule has 1 heterocycles. The first-order chi connectivity index (χ1) is 12.1. The van der Waals surface area contributed by atoms with E-state index < -0.39 is 0 Å². The van der Waals surface area contributed by atoms with Crippen molar-refractivity contribution >= 4 is 40.8 Å². The molecule has 3 aromatic rings. The van der Waals surface area contributed by atoms with Gasteiger partial charge in [-0.05, 0) is 42.0 Å². The van der Waals surface area contributed by atoms with E-state index in [1.54, 1.807) is 30.3 Å². The molecular weight excluding hydrogens is 340 g/mol. The molecule has 0 bridgehead atoms. The number of hydrogen-bond donors (Lipinski definition) is 4. The zero-order valence-electron chi connectivity index (χ0n) is 12.9. The fraction of sp³-hybridized carbons (Fsp3) is 0. The maximum Gasteiger partial charge on any atom is 0.193 e. The van der Waals surface area contributed by atoms with Gasteiger partial charge in [0.15, 0.2) is 5.82 Å². The van der Waals surface area contributed by atoms with E-state index in [0.29, 0.717) is 16.4 Å². The highest BCUT2D eigenvalue weighted by Crippen LogP contribution is 2.27. The Kier molecular flexibility index (Phi) is 4.55. The molecule has 0 fully saturated rings. The van der Waals surface area contributed by atoms with Gasteiger partial charge in [-0.25, -0.2) is 4.99 Å². The molecule has 0 radical (unpaired) electrons. The van der Waals surface area contributed by atoms with Crippen molar-refractivity contribution in [3.63, 3.8) is 0 Å². The number of rotatable bonds is 4. The average Bonchev–Trinajstić information content (AvgIpc) is 2.97. The lowest BCUT2D eigenvalue weighted by Gasteiger charge is -2.03. The number of aliphatic imine (C=N–C) groups is 1. The molecule has 25 heavy (non-hydrogen) atoms. The van der Waals surface area contributed by atoms with Gasteiger partial charge in [-0.2, -0.15) is 10.4 Å². The molecule has 1 aromatic heterocycles. The summed E-state index contributed by atoms with van der Waals surface area (Å²) in [5.41, 5.74) is 7.54. The Balaban J connectivity index is 1.86. The van der Waals surface area contributed by atoms with E-state index in [1.807, 2.05) is 6.07 Å². The highest BCUT2D eigenvalue weighted by atomic mass is 35.5. The third-order valence-corrected chi connectivity index (χ3v) is 3.58. The van der Waals surface area contributed by atoms with Crippen molar-refractivity contribution in [3.05, 3.63) is 58.6 Å². The van der Waals surface area contributed by atoms with Crippen molar-refractivity contribution in [3.8, 4) is 11.8 Å². The van der Waals surface area contributed by atoms with Gasteiger partial charge >= 0.3 is 0 Å². The van der Waals surface area contributed by atoms with Crippen molar-refractivity contribution in [2.24, 2.45) is 4.99 Å². The number of nitrogens with zero attached hydrogens (tertiary/aromatic N) is 3. The molecule has 0 amide bonds. The number of nitrogens with two attached hydrogens (primary N) is 1. The summed E-state index contributed by atoms with van der Waals surface area (Å²) in [7, 11) is 0. The first kappa shape index (κ1) is 16.4. The van der Waals surface area contributed by atoms with Gasteiger partial charge in [-0.3, -0.25) is 5.10 Å². The summed E-state index contributed by atoms with van der Waals surface area (Å²) in [6.45, 7) is 0. The maximum atomic E-state index is 9.43. The SMILES string of the molecule is N#Cc1c(N=Cc2ccc(O)c(N)c2)n[nH]c1Nc1cccc(Cl)c1. The van der Waals surface area contributed by atoms with Gasteiger partial charge in [0.05, 0.1) is 5.69 Å². The minimum absolute atomic E-state index is 0.00245. The van der Waals surface area contributed by atoms with Crippen LogP contribution >= 0.6 is 11.6 Å². The number of benzene rings is 2. The van der Waals surface area contributed by atoms with Crippen LogP contribution in [-0.2, 0) is 0 Å². The van der Waals surface area contributed by atoms with E-state index in [0.717, 1.165) is 5.69 Å². The second-order valence-electron chi connectivity index (χ2n) is 5.12. The van der Waals surface area contributed by atoms with Crippen LogP contribution in [0.1, 0.15) is 11.1 Å². The maximum absolute atomic E-state index is 9.43. The normalized spacial score (nSPS) is 10.7. The van der Waals surface area contributed by atoms with E-state index in [9.17, 15) is 10.4 Å². The number of nitrogen functional groups attached to an aromatic ring is 1.